The predicted molar refractivity (Wildman–Crippen MR) is 386 cm³/mol. The highest BCUT2D eigenvalue weighted by atomic mass is 31.2. The molecule has 0 aromatic rings. The molecule has 2 unspecified atom stereocenters. The van der Waals surface area contributed by atoms with E-state index in [-0.39, 0.29) is 25.7 Å². The van der Waals surface area contributed by atoms with E-state index in [0.717, 1.165) is 89.9 Å². The average molecular weight is 1400 g/mol. The zero-order valence-electron chi connectivity index (χ0n) is 61.6. The minimum Gasteiger partial charge on any atom is -0.462 e. The lowest BCUT2D eigenvalue weighted by atomic mass is 10.0. The minimum atomic E-state index is -4.96. The molecule has 3 N–H and O–H groups in total. The van der Waals surface area contributed by atoms with Crippen LogP contribution in [0.4, 0.5) is 0 Å². The minimum absolute atomic E-state index is 0.109. The number of aliphatic hydroxyl groups is 1. The third-order valence-electron chi connectivity index (χ3n) is 17.9. The smallest absolute Gasteiger partial charge is 0.462 e. The van der Waals surface area contributed by atoms with Crippen LogP contribution in [0.5, 0.6) is 0 Å². The van der Waals surface area contributed by atoms with E-state index in [2.05, 4.69) is 27.7 Å². The lowest BCUT2D eigenvalue weighted by Gasteiger charge is -2.21. The van der Waals surface area contributed by atoms with Crippen LogP contribution in [-0.2, 0) is 65.4 Å². The summed E-state index contributed by atoms with van der Waals surface area (Å²) in [6.45, 7) is 5.00. The quantitative estimate of drug-likeness (QED) is 0.0222. The molecule has 0 bridgehead atoms. The Kier molecular flexibility index (Phi) is 69.1. The van der Waals surface area contributed by atoms with Crippen molar-refractivity contribution >= 4 is 39.5 Å². The van der Waals surface area contributed by atoms with Gasteiger partial charge in [-0.3, -0.25) is 37.3 Å². The molecular formula is C76H148O17P2. The van der Waals surface area contributed by atoms with Crippen molar-refractivity contribution in [1.29, 1.82) is 0 Å². The van der Waals surface area contributed by atoms with Crippen molar-refractivity contribution in [3.8, 4) is 0 Å². The molecular weight excluding hydrogens is 1250 g/mol. The molecule has 17 nitrogen and oxygen atoms in total. The molecule has 0 aliphatic rings. The summed E-state index contributed by atoms with van der Waals surface area (Å²) in [6, 6.07) is 0. The van der Waals surface area contributed by atoms with Crippen LogP contribution in [0.2, 0.25) is 0 Å². The van der Waals surface area contributed by atoms with Crippen molar-refractivity contribution in [3.63, 3.8) is 0 Å². The molecule has 0 saturated heterocycles. The molecule has 0 heterocycles. The highest BCUT2D eigenvalue weighted by Crippen LogP contribution is 2.45. The molecule has 0 rings (SSSR count). The van der Waals surface area contributed by atoms with Gasteiger partial charge in [0, 0.05) is 25.7 Å². The summed E-state index contributed by atoms with van der Waals surface area (Å²) in [5, 5.41) is 10.6. The molecule has 5 atom stereocenters. The fourth-order valence-corrected chi connectivity index (χ4v) is 13.3. The first-order valence-corrected chi connectivity index (χ1v) is 42.8. The standard InChI is InChI=1S/C76H148O17P2/c1-5-9-13-17-21-25-29-32-35-38-41-45-49-53-57-61-74(79)87-67-72(93-76(81)63-59-55-51-47-43-39-36-33-30-26-22-18-14-10-6-2)69-91-95(84,85)89-65-70(77)64-88-94(82,83)90-68-71(66-86-73(78)60-56-52-48-44-40-28-24-20-16-12-8-4)92-75(80)62-58-54-50-46-42-37-34-31-27-23-19-15-11-7-3/h70-72,77H,5-69H2,1-4H3,(H,82,83)(H,84,85)/t70-,71+,72+/m0/s1. The fraction of sp³-hybridized carbons (Fsp3) is 0.947. The summed E-state index contributed by atoms with van der Waals surface area (Å²) in [6.07, 6.45) is 60.8. The Morgan fingerprint density at radius 2 is 0.421 bits per heavy atom. The van der Waals surface area contributed by atoms with Crippen LogP contribution in [0.3, 0.4) is 0 Å². The van der Waals surface area contributed by atoms with Gasteiger partial charge in [-0.15, -0.1) is 0 Å². The van der Waals surface area contributed by atoms with Gasteiger partial charge in [0.15, 0.2) is 12.2 Å². The number of carbonyl (C=O) groups excluding carboxylic acids is 4. The van der Waals surface area contributed by atoms with E-state index in [4.69, 9.17) is 37.0 Å². The SMILES string of the molecule is CCCCCCCCCCCCCCCCCC(=O)OC[C@H](COP(=O)(O)OC[C@@H](O)COP(=O)(O)OC[C@@H](COC(=O)CCCCCCCCCCCCC)OC(=O)CCCCCCCCCCCCCCCC)OC(=O)CCCCCCCCCCCCCCCCC. The maximum absolute atomic E-state index is 13.1. The van der Waals surface area contributed by atoms with Crippen molar-refractivity contribution in [2.45, 2.75) is 425 Å². The van der Waals surface area contributed by atoms with Crippen LogP contribution in [-0.4, -0.2) is 96.7 Å². The summed E-state index contributed by atoms with van der Waals surface area (Å²) < 4.78 is 68.6. The van der Waals surface area contributed by atoms with Gasteiger partial charge in [-0.1, -0.05) is 355 Å². The van der Waals surface area contributed by atoms with Crippen LogP contribution < -0.4 is 0 Å². The van der Waals surface area contributed by atoms with E-state index in [1.165, 1.54) is 238 Å². The number of phosphoric ester groups is 2. The van der Waals surface area contributed by atoms with Gasteiger partial charge < -0.3 is 33.8 Å². The van der Waals surface area contributed by atoms with E-state index in [1.54, 1.807) is 0 Å². The first-order chi connectivity index (χ1) is 46.2. The molecule has 0 saturated carbocycles. The van der Waals surface area contributed by atoms with E-state index in [9.17, 15) is 43.2 Å². The maximum atomic E-state index is 13.1. The molecule has 0 spiro atoms. The molecule has 0 radical (unpaired) electrons. The molecule has 0 aliphatic carbocycles. The molecule has 0 aliphatic heterocycles. The molecule has 0 aromatic heterocycles. The number of unbranched alkanes of at least 4 members (excludes halogenated alkanes) is 51. The fourth-order valence-electron chi connectivity index (χ4n) is 11.8. The number of ether oxygens (including phenoxy) is 4. The molecule has 0 fully saturated rings. The monoisotopic (exact) mass is 1400 g/mol. The second-order valence-electron chi connectivity index (χ2n) is 27.4. The van der Waals surface area contributed by atoms with Gasteiger partial charge in [-0.05, 0) is 25.7 Å². The largest absolute Gasteiger partial charge is 0.472 e. The van der Waals surface area contributed by atoms with Crippen molar-refractivity contribution < 1.29 is 80.2 Å². The molecule has 0 amide bonds. The summed E-state index contributed by atoms with van der Waals surface area (Å²) in [5.74, 6) is -2.11. The molecule has 0 aromatic carbocycles. The maximum Gasteiger partial charge on any atom is 0.472 e. The Labute approximate surface area is 581 Å². The molecule has 19 heteroatoms. The van der Waals surface area contributed by atoms with Crippen LogP contribution in [0.25, 0.3) is 0 Å². The predicted octanol–water partition coefficient (Wildman–Crippen LogP) is 22.6. The van der Waals surface area contributed by atoms with E-state index in [0.29, 0.717) is 25.7 Å². The number of hydrogen-bond acceptors (Lipinski definition) is 15. The average Bonchev–Trinajstić information content (AvgIpc) is 2.06. The highest BCUT2D eigenvalue weighted by molar-refractivity contribution is 7.47. The van der Waals surface area contributed by atoms with Gasteiger partial charge in [0.1, 0.15) is 19.3 Å². The number of esters is 4. The van der Waals surface area contributed by atoms with E-state index >= 15 is 0 Å². The Morgan fingerprint density at radius 1 is 0.253 bits per heavy atom. The van der Waals surface area contributed by atoms with Crippen LogP contribution in [0.1, 0.15) is 407 Å². The number of phosphoric acid groups is 2. The number of aliphatic hydroxyl groups excluding tert-OH is 1. The Morgan fingerprint density at radius 3 is 0.621 bits per heavy atom. The Hall–Kier alpha value is -1.94. The lowest BCUT2D eigenvalue weighted by Crippen LogP contribution is -2.30. The normalized spacial score (nSPS) is 13.9. The van der Waals surface area contributed by atoms with Crippen molar-refractivity contribution in [2.24, 2.45) is 0 Å². The Balaban J connectivity index is 5.25. The second-order valence-corrected chi connectivity index (χ2v) is 30.3. The first-order valence-electron chi connectivity index (χ1n) is 39.8. The lowest BCUT2D eigenvalue weighted by molar-refractivity contribution is -0.161. The zero-order valence-corrected chi connectivity index (χ0v) is 63.4. The third kappa shape index (κ3) is 70.3. The summed E-state index contributed by atoms with van der Waals surface area (Å²) in [7, 11) is -9.91. The van der Waals surface area contributed by atoms with Crippen LogP contribution in [0, 0.1) is 0 Å². The summed E-state index contributed by atoms with van der Waals surface area (Å²) >= 11 is 0. The number of hydrogen-bond donors (Lipinski definition) is 3. The third-order valence-corrected chi connectivity index (χ3v) is 19.8. The van der Waals surface area contributed by atoms with E-state index in [1.807, 2.05) is 0 Å². The van der Waals surface area contributed by atoms with Gasteiger partial charge in [0.05, 0.1) is 26.4 Å². The second kappa shape index (κ2) is 70.5. The Bertz CT molecular complexity index is 1810. The molecule has 95 heavy (non-hydrogen) atoms. The first kappa shape index (κ1) is 93.1. The van der Waals surface area contributed by atoms with E-state index < -0.39 is 97.5 Å². The number of rotatable bonds is 77. The number of carbonyl (C=O) groups is 4. The zero-order chi connectivity index (χ0) is 69.7. The topological polar surface area (TPSA) is 237 Å². The van der Waals surface area contributed by atoms with Crippen molar-refractivity contribution in [1.82, 2.24) is 0 Å². The summed E-state index contributed by atoms with van der Waals surface area (Å²) in [5.41, 5.74) is 0. The van der Waals surface area contributed by atoms with Gasteiger partial charge in [0.2, 0.25) is 0 Å². The van der Waals surface area contributed by atoms with Crippen LogP contribution in [0.15, 0.2) is 0 Å². The van der Waals surface area contributed by atoms with Crippen LogP contribution >= 0.6 is 15.6 Å². The summed E-state index contributed by atoms with van der Waals surface area (Å²) in [4.78, 5) is 72.8. The highest BCUT2D eigenvalue weighted by Gasteiger charge is 2.30. The van der Waals surface area contributed by atoms with Gasteiger partial charge in [-0.25, -0.2) is 9.13 Å². The van der Waals surface area contributed by atoms with Gasteiger partial charge >= 0.3 is 39.5 Å². The van der Waals surface area contributed by atoms with Crippen molar-refractivity contribution in [2.75, 3.05) is 39.6 Å². The molecule has 564 valence electrons. The van der Waals surface area contributed by atoms with Crippen molar-refractivity contribution in [3.05, 3.63) is 0 Å². The van der Waals surface area contributed by atoms with Gasteiger partial charge in [-0.2, -0.15) is 0 Å². The van der Waals surface area contributed by atoms with Gasteiger partial charge in [0.25, 0.3) is 0 Å².